The van der Waals surface area contributed by atoms with Crippen LogP contribution in [0, 0.1) is 0 Å². The lowest BCUT2D eigenvalue weighted by Gasteiger charge is -2.14. The van der Waals surface area contributed by atoms with Crippen LogP contribution in [0.4, 0.5) is 0 Å². The Kier molecular flexibility index (Phi) is 8.98. The number of aliphatic hydroxyl groups excluding tert-OH is 1. The van der Waals surface area contributed by atoms with Crippen LogP contribution in [-0.2, 0) is 4.74 Å². The summed E-state index contributed by atoms with van der Waals surface area (Å²) in [4.78, 5) is 2.08. The molecule has 0 heterocycles. The third-order valence-corrected chi connectivity index (χ3v) is 2.67. The molecule has 1 rings (SSSR count). The number of para-hydroxylation sites is 1. The van der Waals surface area contributed by atoms with Crippen molar-refractivity contribution in [2.75, 3.05) is 53.6 Å². The van der Waals surface area contributed by atoms with Gasteiger partial charge < -0.3 is 24.8 Å². The van der Waals surface area contributed by atoms with Crippen molar-refractivity contribution in [3.63, 3.8) is 0 Å². The lowest BCUT2D eigenvalue weighted by atomic mass is 10.3. The Labute approximate surface area is 121 Å². The van der Waals surface area contributed by atoms with Gasteiger partial charge in [0.25, 0.3) is 0 Å². The van der Waals surface area contributed by atoms with Crippen LogP contribution in [0.3, 0.4) is 0 Å². The molecule has 1 aromatic rings. The van der Waals surface area contributed by atoms with E-state index < -0.39 is 6.10 Å². The first-order valence-electron chi connectivity index (χ1n) is 6.97. The van der Waals surface area contributed by atoms with Crippen molar-refractivity contribution in [2.24, 2.45) is 0 Å². The number of rotatable bonds is 11. The fraction of sp³-hybridized carbons (Fsp3) is 0.600. The van der Waals surface area contributed by atoms with Gasteiger partial charge in [0, 0.05) is 19.6 Å². The van der Waals surface area contributed by atoms with Gasteiger partial charge in [0.2, 0.25) is 0 Å². The average molecular weight is 282 g/mol. The van der Waals surface area contributed by atoms with Crippen molar-refractivity contribution in [3.8, 4) is 5.75 Å². The van der Waals surface area contributed by atoms with Crippen LogP contribution in [0.15, 0.2) is 30.3 Å². The number of hydrogen-bond donors (Lipinski definition) is 2. The maximum absolute atomic E-state index is 9.75. The van der Waals surface area contributed by atoms with E-state index in [0.29, 0.717) is 19.8 Å². The summed E-state index contributed by atoms with van der Waals surface area (Å²) in [7, 11) is 4.04. The SMILES string of the molecule is CN(C)CCOCCNCC(O)COc1ccccc1. The summed E-state index contributed by atoms with van der Waals surface area (Å²) in [6.45, 7) is 3.83. The quantitative estimate of drug-likeness (QED) is 0.582. The summed E-state index contributed by atoms with van der Waals surface area (Å²) in [6, 6.07) is 9.49. The lowest BCUT2D eigenvalue weighted by Crippen LogP contribution is -2.33. The molecule has 0 aliphatic carbocycles. The van der Waals surface area contributed by atoms with Crippen LogP contribution < -0.4 is 10.1 Å². The number of nitrogens with zero attached hydrogens (tertiary/aromatic N) is 1. The molecular formula is C15H26N2O3. The number of benzene rings is 1. The van der Waals surface area contributed by atoms with Crippen molar-refractivity contribution in [2.45, 2.75) is 6.10 Å². The number of aliphatic hydroxyl groups is 1. The molecule has 0 aromatic heterocycles. The molecular weight excluding hydrogens is 256 g/mol. The Hall–Kier alpha value is -1.14. The van der Waals surface area contributed by atoms with Crippen molar-refractivity contribution >= 4 is 0 Å². The van der Waals surface area contributed by atoms with Crippen LogP contribution in [0.25, 0.3) is 0 Å². The molecule has 114 valence electrons. The predicted octanol–water partition coefficient (Wildman–Crippen LogP) is 0.594. The van der Waals surface area contributed by atoms with Crippen molar-refractivity contribution < 1.29 is 14.6 Å². The molecule has 5 nitrogen and oxygen atoms in total. The Balaban J connectivity index is 1.94. The maximum atomic E-state index is 9.75. The molecule has 0 spiro atoms. The molecule has 0 saturated heterocycles. The third-order valence-electron chi connectivity index (χ3n) is 2.67. The first-order chi connectivity index (χ1) is 9.68. The zero-order valence-corrected chi connectivity index (χ0v) is 12.4. The van der Waals surface area contributed by atoms with E-state index >= 15 is 0 Å². The smallest absolute Gasteiger partial charge is 0.119 e. The first kappa shape index (κ1) is 16.9. The van der Waals surface area contributed by atoms with Gasteiger partial charge in [0.1, 0.15) is 18.5 Å². The highest BCUT2D eigenvalue weighted by Gasteiger charge is 2.04. The number of hydrogen-bond acceptors (Lipinski definition) is 5. The first-order valence-corrected chi connectivity index (χ1v) is 6.97. The molecule has 0 saturated carbocycles. The number of nitrogens with one attached hydrogen (secondary N) is 1. The standard InChI is InChI=1S/C15H26N2O3/c1-17(2)9-11-19-10-8-16-12-14(18)13-20-15-6-4-3-5-7-15/h3-7,14,16,18H,8-13H2,1-2H3. The molecule has 0 aliphatic heterocycles. The molecule has 0 aliphatic rings. The van der Waals surface area contributed by atoms with Crippen molar-refractivity contribution in [3.05, 3.63) is 30.3 Å². The minimum atomic E-state index is -0.517. The van der Waals surface area contributed by atoms with Gasteiger partial charge in [-0.05, 0) is 26.2 Å². The van der Waals surface area contributed by atoms with Gasteiger partial charge in [-0.25, -0.2) is 0 Å². The van der Waals surface area contributed by atoms with Crippen LogP contribution in [0.1, 0.15) is 0 Å². The Morgan fingerprint density at radius 1 is 1.20 bits per heavy atom. The fourth-order valence-electron chi connectivity index (χ4n) is 1.53. The summed E-state index contributed by atoms with van der Waals surface area (Å²) in [6.07, 6.45) is -0.517. The molecule has 5 heteroatoms. The zero-order valence-electron chi connectivity index (χ0n) is 12.4. The molecule has 0 bridgehead atoms. The minimum Gasteiger partial charge on any atom is -0.491 e. The molecule has 2 N–H and O–H groups in total. The normalized spacial score (nSPS) is 12.6. The average Bonchev–Trinajstić information content (AvgIpc) is 2.45. The second-order valence-corrected chi connectivity index (χ2v) is 4.90. The van der Waals surface area contributed by atoms with E-state index in [9.17, 15) is 5.11 Å². The monoisotopic (exact) mass is 282 g/mol. The second kappa shape index (κ2) is 10.6. The molecule has 1 atom stereocenters. The van der Waals surface area contributed by atoms with Gasteiger partial charge in [-0.15, -0.1) is 0 Å². The largest absolute Gasteiger partial charge is 0.491 e. The zero-order chi connectivity index (χ0) is 14.6. The van der Waals surface area contributed by atoms with Gasteiger partial charge in [0.05, 0.1) is 13.2 Å². The van der Waals surface area contributed by atoms with Gasteiger partial charge >= 0.3 is 0 Å². The van der Waals surface area contributed by atoms with Crippen LogP contribution >= 0.6 is 0 Å². The van der Waals surface area contributed by atoms with Gasteiger partial charge in [-0.3, -0.25) is 0 Å². The third kappa shape index (κ3) is 8.87. The van der Waals surface area contributed by atoms with Crippen molar-refractivity contribution in [1.29, 1.82) is 0 Å². The highest BCUT2D eigenvalue weighted by atomic mass is 16.5. The molecule has 1 aromatic carbocycles. The van der Waals surface area contributed by atoms with E-state index in [1.807, 2.05) is 44.4 Å². The Bertz CT molecular complexity index is 333. The summed E-state index contributed by atoms with van der Waals surface area (Å²) < 4.78 is 10.9. The maximum Gasteiger partial charge on any atom is 0.119 e. The van der Waals surface area contributed by atoms with E-state index in [1.54, 1.807) is 0 Å². The topological polar surface area (TPSA) is 54.0 Å². The summed E-state index contributed by atoms with van der Waals surface area (Å²) in [5, 5.41) is 12.9. The van der Waals surface area contributed by atoms with Crippen LogP contribution in [0.5, 0.6) is 5.75 Å². The highest BCUT2D eigenvalue weighted by molar-refractivity contribution is 5.20. The summed E-state index contributed by atoms with van der Waals surface area (Å²) in [5.74, 6) is 0.776. The number of likely N-dealkylation sites (N-methyl/N-ethyl adjacent to an activating group) is 1. The van der Waals surface area contributed by atoms with E-state index in [-0.39, 0.29) is 0 Å². The molecule has 20 heavy (non-hydrogen) atoms. The van der Waals surface area contributed by atoms with Crippen LogP contribution in [-0.4, -0.2) is 69.7 Å². The van der Waals surface area contributed by atoms with E-state index in [2.05, 4.69) is 10.2 Å². The molecule has 0 radical (unpaired) electrons. The highest BCUT2D eigenvalue weighted by Crippen LogP contribution is 2.08. The predicted molar refractivity (Wildman–Crippen MR) is 80.2 cm³/mol. The van der Waals surface area contributed by atoms with E-state index in [4.69, 9.17) is 9.47 Å². The summed E-state index contributed by atoms with van der Waals surface area (Å²) in [5.41, 5.74) is 0. The second-order valence-electron chi connectivity index (χ2n) is 4.90. The molecule has 0 amide bonds. The Morgan fingerprint density at radius 3 is 2.65 bits per heavy atom. The minimum absolute atomic E-state index is 0.290. The van der Waals surface area contributed by atoms with E-state index in [0.717, 1.165) is 25.4 Å². The fourth-order valence-corrected chi connectivity index (χ4v) is 1.53. The van der Waals surface area contributed by atoms with Gasteiger partial charge in [0.15, 0.2) is 0 Å². The van der Waals surface area contributed by atoms with Crippen molar-refractivity contribution in [1.82, 2.24) is 10.2 Å². The van der Waals surface area contributed by atoms with E-state index in [1.165, 1.54) is 0 Å². The Morgan fingerprint density at radius 2 is 1.95 bits per heavy atom. The van der Waals surface area contributed by atoms with Gasteiger partial charge in [-0.2, -0.15) is 0 Å². The van der Waals surface area contributed by atoms with Gasteiger partial charge in [-0.1, -0.05) is 18.2 Å². The van der Waals surface area contributed by atoms with Crippen LogP contribution in [0.2, 0.25) is 0 Å². The molecule has 1 unspecified atom stereocenters. The molecule has 0 fully saturated rings. The number of ether oxygens (including phenoxy) is 2. The summed E-state index contributed by atoms with van der Waals surface area (Å²) >= 11 is 0. The lowest BCUT2D eigenvalue weighted by molar-refractivity contribution is 0.0954.